The number of hydrogen-bond donors (Lipinski definition) is 0. The molecule has 0 bridgehead atoms. The summed E-state index contributed by atoms with van der Waals surface area (Å²) in [6.45, 7) is 0. The summed E-state index contributed by atoms with van der Waals surface area (Å²) in [5.74, 6) is 0.807. The van der Waals surface area contributed by atoms with Crippen molar-refractivity contribution in [3.63, 3.8) is 0 Å². The van der Waals surface area contributed by atoms with E-state index >= 15 is 0 Å². The molecule has 0 spiro atoms. The van der Waals surface area contributed by atoms with Crippen LogP contribution in [-0.4, -0.2) is 9.97 Å². The van der Waals surface area contributed by atoms with Crippen LogP contribution in [0.3, 0.4) is 0 Å². The summed E-state index contributed by atoms with van der Waals surface area (Å²) in [6, 6.07) is 19.2. The number of rotatable bonds is 3. The number of fused-ring (bicyclic) bond motifs is 5. The second-order valence-corrected chi connectivity index (χ2v) is 8.57. The molecule has 0 unspecified atom stereocenters. The van der Waals surface area contributed by atoms with Crippen molar-refractivity contribution in [3.8, 4) is 11.3 Å². The Morgan fingerprint density at radius 3 is 2.63 bits per heavy atom. The zero-order chi connectivity index (χ0) is 19.9. The Kier molecular flexibility index (Phi) is 4.26. The summed E-state index contributed by atoms with van der Waals surface area (Å²) in [5, 5.41) is 4.59. The Labute approximate surface area is 175 Å². The van der Waals surface area contributed by atoms with Crippen LogP contribution in [0.1, 0.15) is 37.7 Å². The first-order valence-electron chi connectivity index (χ1n) is 11.0. The molecule has 0 radical (unpaired) electrons. The molecule has 30 heavy (non-hydrogen) atoms. The van der Waals surface area contributed by atoms with Crippen LogP contribution in [0.15, 0.2) is 71.4 Å². The number of pyridine rings is 2. The standard InChI is InChI=1S/C27H24N2O/c1-2-7-18(8-3-1)15-19-12-14-28-24(16-19)23-17-20-9-4-5-10-21(20)25-22-11-6-13-29-27(22)30-26(23)25/h4-6,9-14,16-18H,1-3,7-8,15H2. The molecular formula is C27H24N2O. The molecule has 3 nitrogen and oxygen atoms in total. The van der Waals surface area contributed by atoms with E-state index in [4.69, 9.17) is 9.40 Å². The lowest BCUT2D eigenvalue weighted by Gasteiger charge is -2.21. The van der Waals surface area contributed by atoms with Gasteiger partial charge in [-0.2, -0.15) is 0 Å². The minimum atomic E-state index is 0.684. The molecule has 0 saturated heterocycles. The molecular weight excluding hydrogens is 368 g/mol. The fraction of sp³-hybridized carbons (Fsp3) is 0.259. The van der Waals surface area contributed by atoms with Crippen molar-refractivity contribution in [2.24, 2.45) is 5.92 Å². The Balaban J connectivity index is 1.54. The average molecular weight is 393 g/mol. The van der Waals surface area contributed by atoms with Gasteiger partial charge in [-0.1, -0.05) is 56.4 Å². The first-order valence-corrected chi connectivity index (χ1v) is 11.0. The zero-order valence-electron chi connectivity index (χ0n) is 17.0. The summed E-state index contributed by atoms with van der Waals surface area (Å²) < 4.78 is 6.28. The Bertz CT molecular complexity index is 1360. The maximum Gasteiger partial charge on any atom is 0.227 e. The molecule has 2 aromatic carbocycles. The van der Waals surface area contributed by atoms with Gasteiger partial charge in [-0.25, -0.2) is 4.98 Å². The molecule has 1 saturated carbocycles. The highest BCUT2D eigenvalue weighted by molar-refractivity contribution is 6.21. The predicted octanol–water partition coefficient (Wildman–Crippen LogP) is 7.32. The van der Waals surface area contributed by atoms with Crippen LogP contribution in [0.5, 0.6) is 0 Å². The molecule has 6 rings (SSSR count). The maximum atomic E-state index is 6.28. The molecule has 3 heteroatoms. The van der Waals surface area contributed by atoms with Gasteiger partial charge >= 0.3 is 0 Å². The van der Waals surface area contributed by atoms with Crippen molar-refractivity contribution < 1.29 is 4.42 Å². The highest BCUT2D eigenvalue weighted by Crippen LogP contribution is 2.40. The van der Waals surface area contributed by atoms with Crippen LogP contribution in [0.2, 0.25) is 0 Å². The molecule has 3 heterocycles. The number of furan rings is 1. The van der Waals surface area contributed by atoms with Crippen molar-refractivity contribution in [2.75, 3.05) is 0 Å². The third-order valence-electron chi connectivity index (χ3n) is 6.59. The highest BCUT2D eigenvalue weighted by atomic mass is 16.3. The summed E-state index contributed by atoms with van der Waals surface area (Å²) in [7, 11) is 0. The fourth-order valence-corrected chi connectivity index (χ4v) is 5.12. The van der Waals surface area contributed by atoms with Gasteiger partial charge in [0.15, 0.2) is 0 Å². The van der Waals surface area contributed by atoms with Crippen LogP contribution in [0, 0.1) is 5.92 Å². The second-order valence-electron chi connectivity index (χ2n) is 8.57. The largest absolute Gasteiger partial charge is 0.437 e. The number of aromatic nitrogens is 2. The van der Waals surface area contributed by atoms with Crippen LogP contribution in [-0.2, 0) is 6.42 Å². The molecule has 0 amide bonds. The van der Waals surface area contributed by atoms with Crippen molar-refractivity contribution in [3.05, 3.63) is 72.6 Å². The van der Waals surface area contributed by atoms with Crippen LogP contribution in [0.25, 0.3) is 44.1 Å². The Hall–Kier alpha value is -3.20. The second kappa shape index (κ2) is 7.24. The summed E-state index contributed by atoms with van der Waals surface area (Å²) >= 11 is 0. The molecule has 5 aromatic rings. The highest BCUT2D eigenvalue weighted by Gasteiger charge is 2.18. The van der Waals surface area contributed by atoms with Crippen LogP contribution in [0.4, 0.5) is 0 Å². The molecule has 0 atom stereocenters. The lowest BCUT2D eigenvalue weighted by molar-refractivity contribution is 0.356. The zero-order valence-corrected chi connectivity index (χ0v) is 17.0. The first-order chi connectivity index (χ1) is 14.9. The topological polar surface area (TPSA) is 38.9 Å². The van der Waals surface area contributed by atoms with E-state index in [1.807, 2.05) is 12.3 Å². The van der Waals surface area contributed by atoms with E-state index in [1.165, 1.54) is 48.4 Å². The van der Waals surface area contributed by atoms with E-state index in [9.17, 15) is 0 Å². The molecule has 148 valence electrons. The summed E-state index contributed by atoms with van der Waals surface area (Å²) in [4.78, 5) is 9.22. The van der Waals surface area contributed by atoms with Crippen molar-refractivity contribution in [1.29, 1.82) is 0 Å². The van der Waals surface area contributed by atoms with Crippen LogP contribution >= 0.6 is 0 Å². The van der Waals surface area contributed by atoms with Crippen LogP contribution < -0.4 is 0 Å². The minimum Gasteiger partial charge on any atom is -0.437 e. The third-order valence-corrected chi connectivity index (χ3v) is 6.59. The summed E-state index contributed by atoms with van der Waals surface area (Å²) in [5.41, 5.74) is 4.97. The molecule has 0 N–H and O–H groups in total. The lowest BCUT2D eigenvalue weighted by atomic mass is 9.85. The van der Waals surface area contributed by atoms with Gasteiger partial charge in [-0.3, -0.25) is 4.98 Å². The maximum absolute atomic E-state index is 6.28. The normalized spacial score (nSPS) is 15.3. The Morgan fingerprint density at radius 1 is 0.833 bits per heavy atom. The quantitative estimate of drug-likeness (QED) is 0.323. The number of nitrogens with zero attached hydrogens (tertiary/aromatic N) is 2. The molecule has 0 aliphatic heterocycles. The molecule has 1 fully saturated rings. The van der Waals surface area contributed by atoms with E-state index in [0.717, 1.165) is 40.0 Å². The van der Waals surface area contributed by atoms with E-state index < -0.39 is 0 Å². The molecule has 1 aliphatic carbocycles. The van der Waals surface area contributed by atoms with E-state index in [0.29, 0.717) is 5.71 Å². The van der Waals surface area contributed by atoms with E-state index in [2.05, 4.69) is 53.5 Å². The minimum absolute atomic E-state index is 0.684. The van der Waals surface area contributed by atoms with Gasteiger partial charge in [-0.05, 0) is 59.0 Å². The Morgan fingerprint density at radius 2 is 1.70 bits per heavy atom. The van der Waals surface area contributed by atoms with Gasteiger partial charge in [0.2, 0.25) is 5.71 Å². The van der Waals surface area contributed by atoms with Gasteiger partial charge in [0.1, 0.15) is 5.58 Å². The lowest BCUT2D eigenvalue weighted by Crippen LogP contribution is -2.09. The van der Waals surface area contributed by atoms with Gasteiger partial charge in [-0.15, -0.1) is 0 Å². The van der Waals surface area contributed by atoms with Gasteiger partial charge < -0.3 is 4.42 Å². The fourth-order valence-electron chi connectivity index (χ4n) is 5.12. The summed E-state index contributed by atoms with van der Waals surface area (Å²) in [6.07, 6.45) is 11.7. The predicted molar refractivity (Wildman–Crippen MR) is 123 cm³/mol. The average Bonchev–Trinajstić information content (AvgIpc) is 3.19. The number of benzene rings is 2. The third kappa shape index (κ3) is 2.97. The van der Waals surface area contributed by atoms with Gasteiger partial charge in [0.25, 0.3) is 0 Å². The van der Waals surface area contributed by atoms with E-state index in [1.54, 1.807) is 6.20 Å². The van der Waals surface area contributed by atoms with Crippen molar-refractivity contribution >= 4 is 32.8 Å². The van der Waals surface area contributed by atoms with Gasteiger partial charge in [0.05, 0.1) is 5.69 Å². The first kappa shape index (κ1) is 17.6. The number of hydrogen-bond acceptors (Lipinski definition) is 3. The SMILES string of the molecule is c1ccc2c(c1)cc(-c1cc(CC3CCCCC3)ccn1)c1oc3ncccc3c12. The van der Waals surface area contributed by atoms with Gasteiger partial charge in [0, 0.05) is 28.7 Å². The van der Waals surface area contributed by atoms with E-state index in [-0.39, 0.29) is 0 Å². The van der Waals surface area contributed by atoms with Crippen molar-refractivity contribution in [1.82, 2.24) is 9.97 Å². The molecule has 3 aromatic heterocycles. The molecule has 1 aliphatic rings. The monoisotopic (exact) mass is 392 g/mol. The van der Waals surface area contributed by atoms with Crippen molar-refractivity contribution in [2.45, 2.75) is 38.5 Å². The smallest absolute Gasteiger partial charge is 0.227 e.